The SMILES string of the molecule is CCC(C)(C)C(C)C(C)(CC(C)(C)C)C(=O)O. The first-order valence-corrected chi connectivity index (χ1v) is 6.60. The molecule has 0 bridgehead atoms. The van der Waals surface area contributed by atoms with Gasteiger partial charge < -0.3 is 5.11 Å². The molecule has 0 aliphatic carbocycles. The maximum Gasteiger partial charge on any atom is 0.309 e. The summed E-state index contributed by atoms with van der Waals surface area (Å²) < 4.78 is 0. The van der Waals surface area contributed by atoms with Crippen LogP contribution in [-0.2, 0) is 4.79 Å². The van der Waals surface area contributed by atoms with Crippen molar-refractivity contribution in [3.8, 4) is 0 Å². The third-order valence-electron chi connectivity index (χ3n) is 4.43. The predicted octanol–water partition coefficient (Wildman–Crippen LogP) is 4.59. The van der Waals surface area contributed by atoms with Gasteiger partial charge in [0.1, 0.15) is 0 Å². The Morgan fingerprint density at radius 1 is 1.12 bits per heavy atom. The van der Waals surface area contributed by atoms with Gasteiger partial charge in [0.25, 0.3) is 0 Å². The Bertz CT molecular complexity index is 273. The van der Waals surface area contributed by atoms with E-state index in [2.05, 4.69) is 48.5 Å². The molecule has 0 fully saturated rings. The van der Waals surface area contributed by atoms with Crippen LogP contribution in [0.5, 0.6) is 0 Å². The van der Waals surface area contributed by atoms with E-state index < -0.39 is 11.4 Å². The average Bonchev–Trinajstić information content (AvgIpc) is 2.13. The summed E-state index contributed by atoms with van der Waals surface area (Å²) in [6, 6.07) is 0. The van der Waals surface area contributed by atoms with Gasteiger partial charge in [-0.2, -0.15) is 0 Å². The van der Waals surface area contributed by atoms with Crippen LogP contribution < -0.4 is 0 Å². The molecule has 2 heteroatoms. The van der Waals surface area contributed by atoms with Gasteiger partial charge in [-0.3, -0.25) is 4.79 Å². The highest BCUT2D eigenvalue weighted by Gasteiger charge is 2.47. The molecule has 0 saturated carbocycles. The summed E-state index contributed by atoms with van der Waals surface area (Å²) in [5.41, 5.74) is -0.568. The molecule has 0 spiro atoms. The second-order valence-corrected chi connectivity index (χ2v) is 7.52. The van der Waals surface area contributed by atoms with Gasteiger partial charge in [-0.05, 0) is 30.1 Å². The summed E-state index contributed by atoms with van der Waals surface area (Å²) in [5.74, 6) is -0.516. The zero-order valence-electron chi connectivity index (χ0n) is 12.8. The normalized spacial score (nSPS) is 18.6. The van der Waals surface area contributed by atoms with Gasteiger partial charge in [0.2, 0.25) is 0 Å². The Kier molecular flexibility index (Phi) is 4.84. The fourth-order valence-electron chi connectivity index (χ4n) is 2.68. The van der Waals surface area contributed by atoms with Crippen molar-refractivity contribution < 1.29 is 9.90 Å². The summed E-state index contributed by atoms with van der Waals surface area (Å²) in [5, 5.41) is 9.63. The molecule has 102 valence electrons. The van der Waals surface area contributed by atoms with Crippen molar-refractivity contribution in [2.24, 2.45) is 22.2 Å². The molecular formula is C15H30O2. The summed E-state index contributed by atoms with van der Waals surface area (Å²) in [6.45, 7) is 16.8. The van der Waals surface area contributed by atoms with E-state index >= 15 is 0 Å². The van der Waals surface area contributed by atoms with Gasteiger partial charge in [0.15, 0.2) is 0 Å². The van der Waals surface area contributed by atoms with E-state index in [1.54, 1.807) is 0 Å². The molecule has 0 aromatic rings. The molecule has 0 rings (SSSR count). The lowest BCUT2D eigenvalue weighted by molar-refractivity contribution is -0.157. The third-order valence-corrected chi connectivity index (χ3v) is 4.43. The maximum absolute atomic E-state index is 11.7. The second-order valence-electron chi connectivity index (χ2n) is 7.52. The van der Waals surface area contributed by atoms with Crippen LogP contribution in [0.3, 0.4) is 0 Å². The van der Waals surface area contributed by atoms with Crippen LogP contribution in [-0.4, -0.2) is 11.1 Å². The van der Waals surface area contributed by atoms with Crippen LogP contribution in [0.15, 0.2) is 0 Å². The van der Waals surface area contributed by atoms with Crippen molar-refractivity contribution in [1.82, 2.24) is 0 Å². The number of carboxylic acids is 1. The largest absolute Gasteiger partial charge is 0.481 e. The first-order chi connectivity index (χ1) is 7.37. The summed E-state index contributed by atoms with van der Waals surface area (Å²) in [7, 11) is 0. The molecular weight excluding hydrogens is 212 g/mol. The number of hydrogen-bond donors (Lipinski definition) is 1. The minimum atomic E-state index is -0.665. The molecule has 0 amide bonds. The van der Waals surface area contributed by atoms with Gasteiger partial charge >= 0.3 is 5.97 Å². The fraction of sp³-hybridized carbons (Fsp3) is 0.933. The number of carboxylic acid groups (broad SMARTS) is 1. The quantitative estimate of drug-likeness (QED) is 0.766. The van der Waals surface area contributed by atoms with E-state index in [0.717, 1.165) is 6.42 Å². The number of aliphatic carboxylic acids is 1. The minimum Gasteiger partial charge on any atom is -0.481 e. The molecule has 0 aromatic carbocycles. The zero-order chi connectivity index (χ0) is 14.1. The molecule has 2 atom stereocenters. The van der Waals surface area contributed by atoms with Crippen molar-refractivity contribution in [3.05, 3.63) is 0 Å². The highest BCUT2D eigenvalue weighted by atomic mass is 16.4. The molecule has 17 heavy (non-hydrogen) atoms. The summed E-state index contributed by atoms with van der Waals surface area (Å²) in [4.78, 5) is 11.7. The van der Waals surface area contributed by atoms with E-state index in [9.17, 15) is 9.90 Å². The Morgan fingerprint density at radius 3 is 1.76 bits per heavy atom. The standard InChI is InChI=1S/C15H30O2/c1-9-14(6,7)11(2)15(8,12(16)17)10-13(3,4)5/h11H,9-10H2,1-8H3,(H,16,17). The molecule has 0 heterocycles. The van der Waals surface area contributed by atoms with Gasteiger partial charge in [-0.1, -0.05) is 54.9 Å². The van der Waals surface area contributed by atoms with Crippen LogP contribution in [0.2, 0.25) is 0 Å². The lowest BCUT2D eigenvalue weighted by atomic mass is 9.59. The van der Waals surface area contributed by atoms with E-state index in [-0.39, 0.29) is 16.7 Å². The Hall–Kier alpha value is -0.530. The zero-order valence-corrected chi connectivity index (χ0v) is 12.8. The van der Waals surface area contributed by atoms with Crippen molar-refractivity contribution in [2.75, 3.05) is 0 Å². The summed E-state index contributed by atoms with van der Waals surface area (Å²) >= 11 is 0. The fourth-order valence-corrected chi connectivity index (χ4v) is 2.68. The summed E-state index contributed by atoms with van der Waals surface area (Å²) in [6.07, 6.45) is 1.71. The highest BCUT2D eigenvalue weighted by Crippen LogP contribution is 2.48. The lowest BCUT2D eigenvalue weighted by Crippen LogP contribution is -2.44. The monoisotopic (exact) mass is 242 g/mol. The molecule has 0 aliphatic rings. The maximum atomic E-state index is 11.7. The third kappa shape index (κ3) is 4.01. The van der Waals surface area contributed by atoms with Gasteiger partial charge in [-0.25, -0.2) is 0 Å². The molecule has 1 N–H and O–H groups in total. The molecule has 0 radical (unpaired) electrons. The second kappa shape index (κ2) is 4.99. The van der Waals surface area contributed by atoms with E-state index in [0.29, 0.717) is 6.42 Å². The Labute approximate surface area is 107 Å². The van der Waals surface area contributed by atoms with Crippen LogP contribution in [0.4, 0.5) is 0 Å². The van der Waals surface area contributed by atoms with E-state index in [4.69, 9.17) is 0 Å². The Balaban J connectivity index is 5.30. The van der Waals surface area contributed by atoms with Crippen LogP contribution in [0.25, 0.3) is 0 Å². The van der Waals surface area contributed by atoms with Gasteiger partial charge in [0.05, 0.1) is 5.41 Å². The first kappa shape index (κ1) is 16.5. The van der Waals surface area contributed by atoms with Gasteiger partial charge in [0, 0.05) is 0 Å². The smallest absolute Gasteiger partial charge is 0.309 e. The lowest BCUT2D eigenvalue weighted by Gasteiger charge is -2.44. The van der Waals surface area contributed by atoms with Crippen LogP contribution in [0.1, 0.15) is 68.2 Å². The van der Waals surface area contributed by atoms with E-state index in [1.165, 1.54) is 0 Å². The number of rotatable bonds is 5. The average molecular weight is 242 g/mol. The highest BCUT2D eigenvalue weighted by molar-refractivity contribution is 5.74. The first-order valence-electron chi connectivity index (χ1n) is 6.60. The van der Waals surface area contributed by atoms with Crippen LogP contribution in [0, 0.1) is 22.2 Å². The van der Waals surface area contributed by atoms with Gasteiger partial charge in [-0.15, -0.1) is 0 Å². The number of carbonyl (C=O) groups is 1. The van der Waals surface area contributed by atoms with Crippen LogP contribution >= 0.6 is 0 Å². The molecule has 2 nitrogen and oxygen atoms in total. The van der Waals surface area contributed by atoms with E-state index in [1.807, 2.05) is 6.92 Å². The molecule has 0 saturated heterocycles. The minimum absolute atomic E-state index is 0.0330. The van der Waals surface area contributed by atoms with Crippen molar-refractivity contribution in [2.45, 2.75) is 68.2 Å². The van der Waals surface area contributed by atoms with Crippen molar-refractivity contribution in [3.63, 3.8) is 0 Å². The van der Waals surface area contributed by atoms with Crippen molar-refractivity contribution in [1.29, 1.82) is 0 Å². The van der Waals surface area contributed by atoms with Crippen molar-refractivity contribution >= 4 is 5.97 Å². The molecule has 2 unspecified atom stereocenters. The Morgan fingerprint density at radius 2 is 1.53 bits per heavy atom. The topological polar surface area (TPSA) is 37.3 Å². The molecule has 0 aromatic heterocycles. The predicted molar refractivity (Wildman–Crippen MR) is 73.1 cm³/mol. The number of hydrogen-bond acceptors (Lipinski definition) is 1. The molecule has 0 aliphatic heterocycles.